The highest BCUT2D eigenvalue weighted by molar-refractivity contribution is 5.81. The number of carbonyl (C=O) groups excluding carboxylic acids is 1. The zero-order valence-electron chi connectivity index (χ0n) is 7.15. The topological polar surface area (TPSA) is 66.8 Å². The fourth-order valence-corrected chi connectivity index (χ4v) is 1.10. The van der Waals surface area contributed by atoms with Gasteiger partial charge in [-0.05, 0) is 17.7 Å². The Bertz CT molecular complexity index is 320. The molecule has 0 aromatic heterocycles. The number of aromatic hydroxyl groups is 1. The Morgan fingerprint density at radius 1 is 1.54 bits per heavy atom. The molecular weight excluding hydrogens is 172 g/mol. The van der Waals surface area contributed by atoms with Crippen molar-refractivity contribution < 1.29 is 19.7 Å². The maximum Gasteiger partial charge on any atom is 0.170 e. The molecule has 4 nitrogen and oxygen atoms in total. The van der Waals surface area contributed by atoms with Crippen LogP contribution >= 0.6 is 0 Å². The lowest BCUT2D eigenvalue weighted by atomic mass is 10.1. The third-order valence-electron chi connectivity index (χ3n) is 1.67. The monoisotopic (exact) mass is 182 g/mol. The van der Waals surface area contributed by atoms with Crippen molar-refractivity contribution in [3.05, 3.63) is 23.3 Å². The molecule has 0 radical (unpaired) electrons. The molecule has 0 aliphatic carbocycles. The van der Waals surface area contributed by atoms with Gasteiger partial charge < -0.3 is 14.9 Å². The second-order valence-electron chi connectivity index (χ2n) is 2.51. The number of phenols is 1. The number of ether oxygens (including phenoxy) is 1. The summed E-state index contributed by atoms with van der Waals surface area (Å²) >= 11 is 0. The summed E-state index contributed by atoms with van der Waals surface area (Å²) in [7, 11) is 1.36. The van der Waals surface area contributed by atoms with Crippen LogP contribution in [0.3, 0.4) is 0 Å². The van der Waals surface area contributed by atoms with Crippen LogP contribution in [0, 0.1) is 0 Å². The summed E-state index contributed by atoms with van der Waals surface area (Å²) in [6.45, 7) is -0.224. The van der Waals surface area contributed by atoms with Crippen molar-refractivity contribution >= 4 is 6.29 Å². The van der Waals surface area contributed by atoms with E-state index in [0.29, 0.717) is 11.8 Å². The van der Waals surface area contributed by atoms with Crippen molar-refractivity contribution in [1.29, 1.82) is 0 Å². The number of aldehydes is 1. The van der Waals surface area contributed by atoms with Gasteiger partial charge in [0.15, 0.2) is 17.8 Å². The van der Waals surface area contributed by atoms with E-state index in [4.69, 9.17) is 9.84 Å². The molecule has 1 rings (SSSR count). The molecule has 2 N–H and O–H groups in total. The molecule has 0 bridgehead atoms. The number of aliphatic hydroxyl groups excluding tert-OH is 1. The first-order valence-electron chi connectivity index (χ1n) is 3.68. The maximum absolute atomic E-state index is 10.5. The molecule has 0 saturated heterocycles. The normalized spacial score (nSPS) is 9.69. The summed E-state index contributed by atoms with van der Waals surface area (Å²) in [5.41, 5.74) is 0.701. The van der Waals surface area contributed by atoms with Gasteiger partial charge in [-0.2, -0.15) is 0 Å². The predicted molar refractivity (Wildman–Crippen MR) is 46.0 cm³/mol. The Morgan fingerprint density at radius 3 is 2.69 bits per heavy atom. The maximum atomic E-state index is 10.5. The van der Waals surface area contributed by atoms with Gasteiger partial charge in [0.2, 0.25) is 0 Å². The minimum absolute atomic E-state index is 0.132. The lowest BCUT2D eigenvalue weighted by molar-refractivity contribution is 0.111. The molecule has 0 heterocycles. The SMILES string of the molecule is COc1c(O)cc(CO)cc1C=O. The van der Waals surface area contributed by atoms with Crippen molar-refractivity contribution in [2.75, 3.05) is 7.11 Å². The van der Waals surface area contributed by atoms with Crippen LogP contribution in [0.25, 0.3) is 0 Å². The van der Waals surface area contributed by atoms with Crippen molar-refractivity contribution in [2.45, 2.75) is 6.61 Å². The van der Waals surface area contributed by atoms with Crippen molar-refractivity contribution in [3.63, 3.8) is 0 Å². The van der Waals surface area contributed by atoms with Crippen LogP contribution in [0.15, 0.2) is 12.1 Å². The summed E-state index contributed by atoms with van der Waals surface area (Å²) in [5.74, 6) is -0.0108. The third kappa shape index (κ3) is 1.78. The first-order valence-corrected chi connectivity index (χ1v) is 3.68. The first kappa shape index (κ1) is 9.54. The van der Waals surface area contributed by atoms with Crippen LogP contribution in [0.1, 0.15) is 15.9 Å². The number of methoxy groups -OCH3 is 1. The van der Waals surface area contributed by atoms with Crippen LogP contribution in [0.5, 0.6) is 11.5 Å². The van der Waals surface area contributed by atoms with Gasteiger partial charge in [-0.15, -0.1) is 0 Å². The van der Waals surface area contributed by atoms with Crippen molar-refractivity contribution in [1.82, 2.24) is 0 Å². The molecular formula is C9H10O4. The van der Waals surface area contributed by atoms with Gasteiger partial charge in [-0.1, -0.05) is 0 Å². The summed E-state index contributed by atoms with van der Waals surface area (Å²) in [4.78, 5) is 10.5. The molecule has 0 saturated carbocycles. The van der Waals surface area contributed by atoms with E-state index in [0.717, 1.165) is 0 Å². The number of phenolic OH excluding ortho intramolecular Hbond substituents is 1. The summed E-state index contributed by atoms with van der Waals surface area (Å²) in [5, 5.41) is 18.1. The molecule has 0 spiro atoms. The lowest BCUT2D eigenvalue weighted by Gasteiger charge is -2.07. The van der Waals surface area contributed by atoms with Gasteiger partial charge in [0, 0.05) is 0 Å². The Labute approximate surface area is 75.4 Å². The van der Waals surface area contributed by atoms with Crippen molar-refractivity contribution in [3.8, 4) is 11.5 Å². The van der Waals surface area contributed by atoms with Gasteiger partial charge in [-0.3, -0.25) is 4.79 Å². The molecule has 0 aliphatic rings. The highest BCUT2D eigenvalue weighted by Crippen LogP contribution is 2.30. The quantitative estimate of drug-likeness (QED) is 0.675. The highest BCUT2D eigenvalue weighted by atomic mass is 16.5. The fraction of sp³-hybridized carbons (Fsp3) is 0.222. The fourth-order valence-electron chi connectivity index (χ4n) is 1.10. The summed E-state index contributed by atoms with van der Waals surface area (Å²) in [6.07, 6.45) is 0.567. The number of aliphatic hydroxyl groups is 1. The van der Waals surface area contributed by atoms with E-state index in [2.05, 4.69) is 0 Å². The molecule has 13 heavy (non-hydrogen) atoms. The van der Waals surface area contributed by atoms with Crippen LogP contribution in [0.2, 0.25) is 0 Å². The van der Waals surface area contributed by atoms with E-state index < -0.39 is 0 Å². The first-order chi connectivity index (χ1) is 6.22. The Balaban J connectivity index is 3.28. The van der Waals surface area contributed by atoms with Gasteiger partial charge >= 0.3 is 0 Å². The van der Waals surface area contributed by atoms with Crippen LogP contribution in [-0.2, 0) is 6.61 Å². The van der Waals surface area contributed by atoms with E-state index in [1.165, 1.54) is 19.2 Å². The van der Waals surface area contributed by atoms with E-state index in [1.807, 2.05) is 0 Å². The van der Waals surface area contributed by atoms with Gasteiger partial charge in [0.25, 0.3) is 0 Å². The lowest BCUT2D eigenvalue weighted by Crippen LogP contribution is -1.94. The standard InChI is InChI=1S/C9H10O4/c1-13-9-7(5-11)2-6(4-10)3-8(9)12/h2-3,5,10,12H,4H2,1H3. The molecule has 0 atom stereocenters. The molecule has 0 fully saturated rings. The molecule has 0 aliphatic heterocycles. The van der Waals surface area contributed by atoms with Gasteiger partial charge in [0.05, 0.1) is 19.3 Å². The van der Waals surface area contributed by atoms with Crippen LogP contribution < -0.4 is 4.74 Å². The van der Waals surface area contributed by atoms with E-state index in [-0.39, 0.29) is 23.7 Å². The molecule has 0 amide bonds. The number of hydrogen-bond donors (Lipinski definition) is 2. The smallest absolute Gasteiger partial charge is 0.170 e. The number of rotatable bonds is 3. The average molecular weight is 182 g/mol. The van der Waals surface area contributed by atoms with E-state index >= 15 is 0 Å². The Kier molecular flexibility index (Phi) is 2.87. The zero-order valence-corrected chi connectivity index (χ0v) is 7.15. The van der Waals surface area contributed by atoms with Crippen LogP contribution in [0.4, 0.5) is 0 Å². The van der Waals surface area contributed by atoms with Crippen LogP contribution in [-0.4, -0.2) is 23.6 Å². The Morgan fingerprint density at radius 2 is 2.23 bits per heavy atom. The molecule has 0 unspecified atom stereocenters. The summed E-state index contributed by atoms with van der Waals surface area (Å²) < 4.78 is 4.80. The van der Waals surface area contributed by atoms with Gasteiger partial charge in [0.1, 0.15) is 0 Å². The average Bonchev–Trinajstić information content (AvgIpc) is 2.16. The number of carbonyl (C=O) groups is 1. The van der Waals surface area contributed by atoms with Gasteiger partial charge in [-0.25, -0.2) is 0 Å². The highest BCUT2D eigenvalue weighted by Gasteiger charge is 2.09. The number of hydrogen-bond acceptors (Lipinski definition) is 4. The Hall–Kier alpha value is -1.55. The minimum atomic E-state index is -0.224. The number of benzene rings is 1. The largest absolute Gasteiger partial charge is 0.504 e. The third-order valence-corrected chi connectivity index (χ3v) is 1.67. The molecule has 70 valence electrons. The second kappa shape index (κ2) is 3.91. The minimum Gasteiger partial charge on any atom is -0.504 e. The molecule has 4 heteroatoms. The van der Waals surface area contributed by atoms with E-state index in [1.54, 1.807) is 0 Å². The van der Waals surface area contributed by atoms with E-state index in [9.17, 15) is 9.90 Å². The molecule has 1 aromatic rings. The second-order valence-corrected chi connectivity index (χ2v) is 2.51. The predicted octanol–water partition coefficient (Wildman–Crippen LogP) is 0.706. The molecule has 1 aromatic carbocycles. The zero-order chi connectivity index (χ0) is 9.84. The van der Waals surface area contributed by atoms with Crippen molar-refractivity contribution in [2.24, 2.45) is 0 Å². The summed E-state index contributed by atoms with van der Waals surface area (Å²) in [6, 6.07) is 2.82.